The van der Waals surface area contributed by atoms with Gasteiger partial charge in [0.1, 0.15) is 5.60 Å². The molecule has 14 heavy (non-hydrogen) atoms. The largest absolute Gasteiger partial charge is 0.384 e. The van der Waals surface area contributed by atoms with Gasteiger partial charge in [-0.3, -0.25) is 0 Å². The van der Waals surface area contributed by atoms with Gasteiger partial charge in [-0.1, -0.05) is 31.0 Å². The molecule has 0 aliphatic carbocycles. The molecule has 4 heteroatoms. The first kappa shape index (κ1) is 12.3. The Balaban J connectivity index is 2.73. The van der Waals surface area contributed by atoms with Crippen LogP contribution in [0.25, 0.3) is 0 Å². The molecule has 0 bridgehead atoms. The summed E-state index contributed by atoms with van der Waals surface area (Å²) in [6.07, 6.45) is 5.38. The van der Waals surface area contributed by atoms with Gasteiger partial charge in [-0.25, -0.2) is 0 Å². The molecular weight excluding hydrogens is 219 g/mol. The molecule has 0 saturated carbocycles. The minimum atomic E-state index is -2.20. The average Bonchev–Trinajstić information content (AvgIpc) is 2.08. The SMILES string of the molecule is CCCC[P@@]1(=O)CC=C(Cl)[C@@](C)(O)C1. The van der Waals surface area contributed by atoms with Gasteiger partial charge in [0.05, 0.1) is 7.14 Å². The predicted octanol–water partition coefficient (Wildman–Crippen LogP) is 3.04. The molecule has 1 N–H and O–H groups in total. The van der Waals surface area contributed by atoms with Crippen molar-refractivity contribution in [3.63, 3.8) is 0 Å². The Kier molecular flexibility index (Phi) is 3.85. The van der Waals surface area contributed by atoms with E-state index in [1.54, 1.807) is 13.0 Å². The smallest absolute Gasteiger partial charge is 0.104 e. The number of aliphatic hydroxyl groups is 1. The Morgan fingerprint density at radius 1 is 1.71 bits per heavy atom. The van der Waals surface area contributed by atoms with Crippen molar-refractivity contribution in [2.75, 3.05) is 18.5 Å². The molecule has 2 nitrogen and oxygen atoms in total. The predicted molar refractivity (Wildman–Crippen MR) is 61.7 cm³/mol. The fraction of sp³-hybridized carbons (Fsp3) is 0.800. The summed E-state index contributed by atoms with van der Waals surface area (Å²) < 4.78 is 12.3. The number of allylic oxidation sites excluding steroid dienone is 1. The topological polar surface area (TPSA) is 37.3 Å². The molecule has 82 valence electrons. The van der Waals surface area contributed by atoms with E-state index in [1.807, 2.05) is 0 Å². The zero-order valence-electron chi connectivity index (χ0n) is 8.79. The van der Waals surface area contributed by atoms with Gasteiger partial charge in [-0.2, -0.15) is 0 Å². The van der Waals surface area contributed by atoms with E-state index in [4.69, 9.17) is 11.6 Å². The van der Waals surface area contributed by atoms with Crippen LogP contribution in [0.4, 0.5) is 0 Å². The standard InChI is InChI=1S/C10H18ClO2P/c1-3-4-6-14(13)7-5-9(11)10(2,12)8-14/h5,12H,3-4,6-8H2,1-2H3/t10-,14+/m0/s1. The Labute approximate surface area is 90.7 Å². The van der Waals surface area contributed by atoms with Crippen molar-refractivity contribution >= 4 is 18.7 Å². The first-order valence-electron chi connectivity index (χ1n) is 5.05. The number of hydrogen-bond donors (Lipinski definition) is 1. The lowest BCUT2D eigenvalue weighted by Crippen LogP contribution is -2.33. The van der Waals surface area contributed by atoms with Crippen molar-refractivity contribution in [2.45, 2.75) is 32.3 Å². The molecule has 1 aliphatic rings. The van der Waals surface area contributed by atoms with Gasteiger partial charge in [-0.05, 0) is 13.3 Å². The van der Waals surface area contributed by atoms with Crippen LogP contribution < -0.4 is 0 Å². The molecule has 0 fully saturated rings. The van der Waals surface area contributed by atoms with Crippen LogP contribution in [-0.4, -0.2) is 29.2 Å². The molecular formula is C10H18ClO2P. The van der Waals surface area contributed by atoms with E-state index >= 15 is 0 Å². The van der Waals surface area contributed by atoms with Gasteiger partial charge in [0.15, 0.2) is 0 Å². The van der Waals surface area contributed by atoms with Crippen molar-refractivity contribution in [3.05, 3.63) is 11.1 Å². The van der Waals surface area contributed by atoms with Gasteiger partial charge < -0.3 is 9.67 Å². The first-order valence-corrected chi connectivity index (χ1v) is 7.69. The third-order valence-corrected chi connectivity index (χ3v) is 6.37. The molecule has 2 atom stereocenters. The van der Waals surface area contributed by atoms with E-state index in [1.165, 1.54) is 0 Å². The second kappa shape index (κ2) is 4.38. The van der Waals surface area contributed by atoms with Crippen LogP contribution in [0.3, 0.4) is 0 Å². The molecule has 0 aromatic carbocycles. The molecule has 1 heterocycles. The summed E-state index contributed by atoms with van der Waals surface area (Å²) in [7, 11) is -2.20. The van der Waals surface area contributed by atoms with Crippen molar-refractivity contribution in [3.8, 4) is 0 Å². The fourth-order valence-corrected chi connectivity index (χ4v) is 5.30. The zero-order valence-corrected chi connectivity index (χ0v) is 10.4. The monoisotopic (exact) mass is 236 g/mol. The first-order chi connectivity index (χ1) is 6.40. The number of unbranched alkanes of at least 4 members (excludes halogenated alkanes) is 1. The van der Waals surface area contributed by atoms with Gasteiger partial charge in [0.2, 0.25) is 0 Å². The minimum absolute atomic E-state index is 0.343. The van der Waals surface area contributed by atoms with E-state index in [0.717, 1.165) is 19.0 Å². The van der Waals surface area contributed by atoms with Crippen molar-refractivity contribution in [1.29, 1.82) is 0 Å². The van der Waals surface area contributed by atoms with Gasteiger partial charge in [0, 0.05) is 23.5 Å². The Morgan fingerprint density at radius 3 is 2.86 bits per heavy atom. The van der Waals surface area contributed by atoms with E-state index in [0.29, 0.717) is 17.4 Å². The second-order valence-corrected chi connectivity index (χ2v) is 7.95. The number of halogens is 1. The van der Waals surface area contributed by atoms with Crippen molar-refractivity contribution in [2.24, 2.45) is 0 Å². The van der Waals surface area contributed by atoms with Crippen LogP contribution in [0, 0.1) is 0 Å². The van der Waals surface area contributed by atoms with E-state index in [9.17, 15) is 9.67 Å². The third kappa shape index (κ3) is 2.85. The molecule has 0 saturated heterocycles. The zero-order chi connectivity index (χ0) is 10.8. The summed E-state index contributed by atoms with van der Waals surface area (Å²) in [6, 6.07) is 0. The molecule has 0 radical (unpaired) electrons. The molecule has 1 rings (SSSR count). The van der Waals surface area contributed by atoms with Crippen LogP contribution >= 0.6 is 18.7 Å². The van der Waals surface area contributed by atoms with Crippen LogP contribution in [0.2, 0.25) is 0 Å². The number of rotatable bonds is 3. The maximum absolute atomic E-state index is 12.3. The van der Waals surface area contributed by atoms with Crippen LogP contribution in [0.15, 0.2) is 11.1 Å². The molecule has 0 aromatic rings. The summed E-state index contributed by atoms with van der Waals surface area (Å²) in [6.45, 7) is 3.72. The van der Waals surface area contributed by atoms with Gasteiger partial charge in [0.25, 0.3) is 0 Å². The van der Waals surface area contributed by atoms with Crippen molar-refractivity contribution < 1.29 is 9.67 Å². The quantitative estimate of drug-likeness (QED) is 0.765. The molecule has 0 spiro atoms. The summed E-state index contributed by atoms with van der Waals surface area (Å²) in [5.74, 6) is 0. The second-order valence-electron chi connectivity index (χ2n) is 4.30. The van der Waals surface area contributed by atoms with Gasteiger partial charge >= 0.3 is 0 Å². The highest BCUT2D eigenvalue weighted by molar-refractivity contribution is 7.64. The average molecular weight is 237 g/mol. The highest BCUT2D eigenvalue weighted by Crippen LogP contribution is 2.53. The van der Waals surface area contributed by atoms with E-state index < -0.39 is 12.7 Å². The Bertz CT molecular complexity index is 284. The molecule has 0 aromatic heterocycles. The van der Waals surface area contributed by atoms with Crippen LogP contribution in [0.5, 0.6) is 0 Å². The highest BCUT2D eigenvalue weighted by Gasteiger charge is 2.38. The lowest BCUT2D eigenvalue weighted by molar-refractivity contribution is 0.129. The summed E-state index contributed by atoms with van der Waals surface area (Å²) in [5, 5.41) is 10.4. The molecule has 0 unspecified atom stereocenters. The Morgan fingerprint density at radius 2 is 2.36 bits per heavy atom. The van der Waals surface area contributed by atoms with E-state index in [-0.39, 0.29) is 0 Å². The van der Waals surface area contributed by atoms with Crippen molar-refractivity contribution in [1.82, 2.24) is 0 Å². The summed E-state index contributed by atoms with van der Waals surface area (Å²) in [4.78, 5) is 0. The van der Waals surface area contributed by atoms with Crippen LogP contribution in [0.1, 0.15) is 26.7 Å². The lowest BCUT2D eigenvalue weighted by Gasteiger charge is -2.32. The lowest BCUT2D eigenvalue weighted by atomic mass is 10.1. The summed E-state index contributed by atoms with van der Waals surface area (Å²) in [5.41, 5.74) is -1.07. The molecule has 0 amide bonds. The molecule has 1 aliphatic heterocycles. The normalized spacial score (nSPS) is 38.1. The number of hydrogen-bond acceptors (Lipinski definition) is 2. The minimum Gasteiger partial charge on any atom is -0.384 e. The summed E-state index contributed by atoms with van der Waals surface area (Å²) >= 11 is 5.86. The van der Waals surface area contributed by atoms with Gasteiger partial charge in [-0.15, -0.1) is 0 Å². The Hall–Kier alpha value is 0.220. The third-order valence-electron chi connectivity index (χ3n) is 2.63. The fourth-order valence-electron chi connectivity index (χ4n) is 1.78. The van der Waals surface area contributed by atoms with E-state index in [2.05, 4.69) is 6.92 Å². The maximum Gasteiger partial charge on any atom is 0.104 e. The van der Waals surface area contributed by atoms with Crippen LogP contribution in [-0.2, 0) is 4.57 Å². The highest BCUT2D eigenvalue weighted by atomic mass is 35.5. The maximum atomic E-state index is 12.3.